The summed E-state index contributed by atoms with van der Waals surface area (Å²) in [4.78, 5) is 18.1. The molecule has 1 aliphatic rings. The molecule has 1 unspecified atom stereocenters. The molecule has 1 amide bonds. The van der Waals surface area contributed by atoms with E-state index in [2.05, 4.69) is 4.98 Å². The Morgan fingerprint density at radius 3 is 3.00 bits per heavy atom. The average molecular weight is 346 g/mol. The summed E-state index contributed by atoms with van der Waals surface area (Å²) in [6.45, 7) is 0.540. The first-order valence-corrected chi connectivity index (χ1v) is 7.89. The van der Waals surface area contributed by atoms with Crippen LogP contribution in [0.1, 0.15) is 16.8 Å². The second kappa shape index (κ2) is 7.06. The summed E-state index contributed by atoms with van der Waals surface area (Å²) in [7, 11) is 1.48. The number of carbonyl (C=O) groups excluding carboxylic acids is 1. The maximum absolute atomic E-state index is 13.2. The number of carbonyl (C=O) groups is 1. The molecule has 25 heavy (non-hydrogen) atoms. The number of halogens is 1. The number of hydrogen-bond donors (Lipinski definition) is 1. The number of amides is 1. The van der Waals surface area contributed by atoms with Crippen molar-refractivity contribution in [2.75, 3.05) is 26.8 Å². The number of methoxy groups -OCH3 is 1. The summed E-state index contributed by atoms with van der Waals surface area (Å²) in [5.41, 5.74) is -0.721. The van der Waals surface area contributed by atoms with E-state index in [1.807, 2.05) is 0 Å². The molecule has 0 spiro atoms. The normalized spacial score (nSPS) is 19.7. The summed E-state index contributed by atoms with van der Waals surface area (Å²) in [6.07, 6.45) is 1.89. The summed E-state index contributed by atoms with van der Waals surface area (Å²) in [6, 6.07) is 8.89. The van der Waals surface area contributed by atoms with Crippen molar-refractivity contribution in [2.24, 2.45) is 0 Å². The van der Waals surface area contributed by atoms with Crippen LogP contribution in [0.25, 0.3) is 0 Å². The third-order valence-electron chi connectivity index (χ3n) is 4.11. The fraction of sp³-hybridized carbons (Fsp3) is 0.333. The first kappa shape index (κ1) is 17.2. The topological polar surface area (TPSA) is 71.9 Å². The van der Waals surface area contributed by atoms with Crippen LogP contribution in [-0.4, -0.2) is 53.3 Å². The van der Waals surface area contributed by atoms with Crippen molar-refractivity contribution in [1.29, 1.82) is 0 Å². The van der Waals surface area contributed by atoms with Crippen LogP contribution in [0.15, 0.2) is 42.6 Å². The summed E-state index contributed by atoms with van der Waals surface area (Å²) < 4.78 is 23.7. The molecule has 1 fully saturated rings. The maximum atomic E-state index is 13.2. The zero-order chi connectivity index (χ0) is 17.9. The predicted molar refractivity (Wildman–Crippen MR) is 88.2 cm³/mol. The van der Waals surface area contributed by atoms with Gasteiger partial charge in [-0.15, -0.1) is 0 Å². The van der Waals surface area contributed by atoms with Gasteiger partial charge in [0.05, 0.1) is 13.7 Å². The number of nitrogens with zero attached hydrogens (tertiary/aromatic N) is 2. The Hall–Kier alpha value is -2.67. The van der Waals surface area contributed by atoms with Crippen LogP contribution in [-0.2, 0) is 0 Å². The molecular formula is C18H19FN2O4. The lowest BCUT2D eigenvalue weighted by Crippen LogP contribution is -2.40. The molecule has 1 aliphatic heterocycles. The Bertz CT molecular complexity index is 770. The smallest absolute Gasteiger partial charge is 0.254 e. The van der Waals surface area contributed by atoms with Gasteiger partial charge in [0, 0.05) is 30.4 Å². The van der Waals surface area contributed by atoms with Crippen LogP contribution in [0.3, 0.4) is 0 Å². The molecule has 0 bridgehead atoms. The van der Waals surface area contributed by atoms with Crippen LogP contribution < -0.4 is 9.47 Å². The minimum atomic E-state index is -1.17. The Morgan fingerprint density at radius 1 is 1.40 bits per heavy atom. The number of rotatable bonds is 5. The van der Waals surface area contributed by atoms with Gasteiger partial charge in [-0.1, -0.05) is 6.07 Å². The van der Waals surface area contributed by atoms with Crippen molar-refractivity contribution in [3.05, 3.63) is 54.0 Å². The molecule has 1 aromatic heterocycles. The SMILES string of the molecule is COc1cc(C(=O)N2CCC(O)(COc3cccc(F)c3)C2)ccn1. The Balaban J connectivity index is 1.62. The van der Waals surface area contributed by atoms with Gasteiger partial charge in [-0.2, -0.15) is 0 Å². The Kier molecular flexibility index (Phi) is 4.85. The highest BCUT2D eigenvalue weighted by Gasteiger charge is 2.39. The zero-order valence-corrected chi connectivity index (χ0v) is 13.8. The minimum absolute atomic E-state index is 0.0140. The molecule has 0 aliphatic carbocycles. The molecule has 1 atom stereocenters. The van der Waals surface area contributed by atoms with Crippen LogP contribution in [0.5, 0.6) is 11.6 Å². The molecule has 2 aromatic rings. The van der Waals surface area contributed by atoms with Crippen LogP contribution in [0.4, 0.5) is 4.39 Å². The monoisotopic (exact) mass is 346 g/mol. The first-order valence-electron chi connectivity index (χ1n) is 7.89. The van der Waals surface area contributed by atoms with E-state index in [0.717, 1.165) is 0 Å². The highest BCUT2D eigenvalue weighted by molar-refractivity contribution is 5.94. The van der Waals surface area contributed by atoms with Crippen LogP contribution in [0.2, 0.25) is 0 Å². The van der Waals surface area contributed by atoms with Crippen molar-refractivity contribution in [1.82, 2.24) is 9.88 Å². The van der Waals surface area contributed by atoms with Gasteiger partial charge in [0.15, 0.2) is 0 Å². The molecule has 2 heterocycles. The number of hydrogen-bond acceptors (Lipinski definition) is 5. The number of aliphatic hydroxyl groups is 1. The summed E-state index contributed by atoms with van der Waals surface area (Å²) in [5.74, 6) is 0.0912. The van der Waals surface area contributed by atoms with Crippen molar-refractivity contribution in [3.8, 4) is 11.6 Å². The van der Waals surface area contributed by atoms with Crippen molar-refractivity contribution < 1.29 is 23.8 Å². The molecule has 6 nitrogen and oxygen atoms in total. The lowest BCUT2D eigenvalue weighted by Gasteiger charge is -2.23. The molecule has 0 radical (unpaired) electrons. The van der Waals surface area contributed by atoms with Crippen LogP contribution >= 0.6 is 0 Å². The van der Waals surface area contributed by atoms with E-state index in [4.69, 9.17) is 9.47 Å². The molecule has 0 saturated carbocycles. The molecular weight excluding hydrogens is 327 g/mol. The number of likely N-dealkylation sites (tertiary alicyclic amines) is 1. The van der Waals surface area contributed by atoms with E-state index < -0.39 is 11.4 Å². The number of pyridine rings is 1. The Labute approximate surface area is 144 Å². The highest BCUT2D eigenvalue weighted by Crippen LogP contribution is 2.25. The van der Waals surface area contributed by atoms with Crippen molar-refractivity contribution in [3.63, 3.8) is 0 Å². The third kappa shape index (κ3) is 4.06. The molecule has 1 saturated heterocycles. The fourth-order valence-corrected chi connectivity index (χ4v) is 2.76. The largest absolute Gasteiger partial charge is 0.490 e. The first-order chi connectivity index (χ1) is 12.0. The predicted octanol–water partition coefficient (Wildman–Crippen LogP) is 1.89. The molecule has 1 N–H and O–H groups in total. The van der Waals surface area contributed by atoms with Crippen molar-refractivity contribution in [2.45, 2.75) is 12.0 Å². The zero-order valence-electron chi connectivity index (χ0n) is 13.8. The lowest BCUT2D eigenvalue weighted by atomic mass is 10.1. The van der Waals surface area contributed by atoms with E-state index >= 15 is 0 Å². The summed E-state index contributed by atoms with van der Waals surface area (Å²) in [5, 5.41) is 10.6. The van der Waals surface area contributed by atoms with E-state index in [-0.39, 0.29) is 19.1 Å². The molecule has 1 aromatic carbocycles. The molecule has 7 heteroatoms. The van der Waals surface area contributed by atoms with Gasteiger partial charge in [-0.3, -0.25) is 4.79 Å². The number of aromatic nitrogens is 1. The van der Waals surface area contributed by atoms with E-state index in [0.29, 0.717) is 30.2 Å². The molecule has 132 valence electrons. The van der Waals surface area contributed by atoms with E-state index in [1.165, 1.54) is 31.5 Å². The second-order valence-electron chi connectivity index (χ2n) is 6.03. The quantitative estimate of drug-likeness (QED) is 0.895. The number of β-amino-alcohol motifs (C(OH)–C–C–N with tert-alkyl or cyclic N) is 1. The van der Waals surface area contributed by atoms with Crippen LogP contribution in [0, 0.1) is 5.82 Å². The standard InChI is InChI=1S/C18H19FN2O4/c1-24-16-9-13(5-7-20-16)17(22)21-8-6-18(23,11-21)12-25-15-4-2-3-14(19)10-15/h2-5,7,9-10,23H,6,8,11-12H2,1H3. The van der Waals surface area contributed by atoms with Gasteiger partial charge in [0.2, 0.25) is 5.88 Å². The van der Waals surface area contributed by atoms with Gasteiger partial charge >= 0.3 is 0 Å². The van der Waals surface area contributed by atoms with E-state index in [9.17, 15) is 14.3 Å². The average Bonchev–Trinajstić information content (AvgIpc) is 3.02. The van der Waals surface area contributed by atoms with Gasteiger partial charge in [0.25, 0.3) is 5.91 Å². The fourth-order valence-electron chi connectivity index (χ4n) is 2.76. The minimum Gasteiger partial charge on any atom is -0.490 e. The van der Waals surface area contributed by atoms with Gasteiger partial charge < -0.3 is 19.5 Å². The maximum Gasteiger partial charge on any atom is 0.254 e. The van der Waals surface area contributed by atoms with Crippen molar-refractivity contribution >= 4 is 5.91 Å². The number of ether oxygens (including phenoxy) is 2. The van der Waals surface area contributed by atoms with Gasteiger partial charge in [-0.25, -0.2) is 9.37 Å². The van der Waals surface area contributed by atoms with Gasteiger partial charge in [0.1, 0.15) is 23.8 Å². The molecule has 3 rings (SSSR count). The third-order valence-corrected chi connectivity index (χ3v) is 4.11. The number of benzene rings is 1. The Morgan fingerprint density at radius 2 is 2.24 bits per heavy atom. The highest BCUT2D eigenvalue weighted by atomic mass is 19.1. The summed E-state index contributed by atoms with van der Waals surface area (Å²) >= 11 is 0. The van der Waals surface area contributed by atoms with E-state index in [1.54, 1.807) is 23.1 Å². The lowest BCUT2D eigenvalue weighted by molar-refractivity contribution is 0.00422. The van der Waals surface area contributed by atoms with Gasteiger partial charge in [-0.05, 0) is 24.6 Å². The second-order valence-corrected chi connectivity index (χ2v) is 6.03.